The lowest BCUT2D eigenvalue weighted by Gasteiger charge is -1.89. The van der Waals surface area contributed by atoms with Gasteiger partial charge in [0.05, 0.1) is 11.0 Å². The zero-order valence-electron chi connectivity index (χ0n) is 9.40. The molecule has 0 atom stereocenters. The molecule has 0 amide bonds. The van der Waals surface area contributed by atoms with Gasteiger partial charge in [-0.15, -0.1) is 11.3 Å². The molecule has 17 heavy (non-hydrogen) atoms. The minimum atomic E-state index is 0.476. The van der Waals surface area contributed by atoms with Crippen LogP contribution in [0.4, 0.5) is 0 Å². The molecule has 3 N–H and O–H groups in total. The highest BCUT2D eigenvalue weighted by molar-refractivity contribution is 7.09. The Balaban J connectivity index is 2.11. The highest BCUT2D eigenvalue weighted by atomic mass is 32.1. The van der Waals surface area contributed by atoms with E-state index in [-0.39, 0.29) is 0 Å². The standard InChI is InChI=1S/C12H12N4S/c1-7-2-3-8-9(4-7)16-12(15-8)10-6-17-11(5-13)14-10/h2-4,6H,5,13H2,1H3,(H,15,16). The molecule has 86 valence electrons. The van der Waals surface area contributed by atoms with Crippen molar-refractivity contribution in [1.29, 1.82) is 0 Å². The molecular formula is C12H12N4S. The number of aromatic nitrogens is 3. The molecular weight excluding hydrogens is 232 g/mol. The van der Waals surface area contributed by atoms with Crippen LogP contribution in [0.25, 0.3) is 22.6 Å². The number of H-pyrrole nitrogens is 1. The third-order valence-corrected chi connectivity index (χ3v) is 3.48. The summed E-state index contributed by atoms with van der Waals surface area (Å²) in [6, 6.07) is 6.15. The first-order valence-corrected chi connectivity index (χ1v) is 6.25. The van der Waals surface area contributed by atoms with Gasteiger partial charge in [-0.05, 0) is 24.6 Å². The average molecular weight is 244 g/mol. The highest BCUT2D eigenvalue weighted by Crippen LogP contribution is 2.22. The van der Waals surface area contributed by atoms with Crippen molar-refractivity contribution >= 4 is 22.4 Å². The van der Waals surface area contributed by atoms with Gasteiger partial charge in [-0.1, -0.05) is 6.07 Å². The number of rotatable bonds is 2. The maximum Gasteiger partial charge on any atom is 0.158 e. The van der Waals surface area contributed by atoms with Gasteiger partial charge in [0.1, 0.15) is 10.7 Å². The molecule has 0 bridgehead atoms. The van der Waals surface area contributed by atoms with Crippen molar-refractivity contribution in [3.63, 3.8) is 0 Å². The fourth-order valence-corrected chi connectivity index (χ4v) is 2.42. The van der Waals surface area contributed by atoms with E-state index in [1.807, 2.05) is 11.4 Å². The molecule has 2 aromatic heterocycles. The number of thiazole rings is 1. The van der Waals surface area contributed by atoms with Crippen molar-refractivity contribution in [3.05, 3.63) is 34.2 Å². The first-order valence-electron chi connectivity index (χ1n) is 5.37. The molecule has 4 nitrogen and oxygen atoms in total. The van der Waals surface area contributed by atoms with Gasteiger partial charge < -0.3 is 10.7 Å². The largest absolute Gasteiger partial charge is 0.337 e. The molecule has 0 aliphatic carbocycles. The van der Waals surface area contributed by atoms with E-state index in [0.29, 0.717) is 6.54 Å². The van der Waals surface area contributed by atoms with Crippen molar-refractivity contribution < 1.29 is 0 Å². The van der Waals surface area contributed by atoms with Crippen LogP contribution in [0.5, 0.6) is 0 Å². The third-order valence-electron chi connectivity index (χ3n) is 2.61. The van der Waals surface area contributed by atoms with Crippen LogP contribution in [-0.4, -0.2) is 15.0 Å². The number of aromatic amines is 1. The van der Waals surface area contributed by atoms with E-state index in [0.717, 1.165) is 27.6 Å². The molecule has 1 aromatic carbocycles. The summed E-state index contributed by atoms with van der Waals surface area (Å²) >= 11 is 1.56. The molecule has 0 radical (unpaired) electrons. The fourth-order valence-electron chi connectivity index (χ4n) is 1.76. The van der Waals surface area contributed by atoms with Crippen LogP contribution in [0.15, 0.2) is 23.6 Å². The van der Waals surface area contributed by atoms with E-state index in [1.165, 1.54) is 5.56 Å². The van der Waals surface area contributed by atoms with E-state index < -0.39 is 0 Å². The second-order valence-corrected chi connectivity index (χ2v) is 4.88. The number of aryl methyl sites for hydroxylation is 1. The minimum absolute atomic E-state index is 0.476. The Morgan fingerprint density at radius 3 is 3.00 bits per heavy atom. The summed E-state index contributed by atoms with van der Waals surface area (Å²) in [5.41, 5.74) is 9.64. The number of nitrogens with zero attached hydrogens (tertiary/aromatic N) is 2. The molecule has 0 aliphatic rings. The molecule has 0 saturated carbocycles. The number of fused-ring (bicyclic) bond motifs is 1. The first kappa shape index (κ1) is 10.4. The number of imidazole rings is 1. The van der Waals surface area contributed by atoms with E-state index in [9.17, 15) is 0 Å². The summed E-state index contributed by atoms with van der Waals surface area (Å²) in [6.45, 7) is 2.54. The zero-order valence-corrected chi connectivity index (χ0v) is 10.2. The van der Waals surface area contributed by atoms with Crippen LogP contribution in [0.1, 0.15) is 10.6 Å². The molecule has 0 fully saturated rings. The van der Waals surface area contributed by atoms with E-state index >= 15 is 0 Å². The maximum absolute atomic E-state index is 5.55. The van der Waals surface area contributed by atoms with Gasteiger partial charge in [-0.25, -0.2) is 9.97 Å². The van der Waals surface area contributed by atoms with Crippen LogP contribution in [0, 0.1) is 6.92 Å². The molecule has 0 aliphatic heterocycles. The summed E-state index contributed by atoms with van der Waals surface area (Å²) in [6.07, 6.45) is 0. The van der Waals surface area contributed by atoms with Crippen molar-refractivity contribution in [1.82, 2.24) is 15.0 Å². The number of nitrogens with one attached hydrogen (secondary N) is 1. The molecule has 2 heterocycles. The molecule has 3 aromatic rings. The first-order chi connectivity index (χ1) is 8.26. The van der Waals surface area contributed by atoms with Crippen molar-refractivity contribution in [2.24, 2.45) is 5.73 Å². The number of hydrogen-bond donors (Lipinski definition) is 2. The minimum Gasteiger partial charge on any atom is -0.337 e. The van der Waals surface area contributed by atoms with Gasteiger partial charge >= 0.3 is 0 Å². The van der Waals surface area contributed by atoms with Crippen molar-refractivity contribution in [2.45, 2.75) is 13.5 Å². The molecule has 5 heteroatoms. The van der Waals surface area contributed by atoms with Gasteiger partial charge in [0.15, 0.2) is 5.82 Å². The summed E-state index contributed by atoms with van der Waals surface area (Å²) in [4.78, 5) is 12.2. The van der Waals surface area contributed by atoms with Crippen LogP contribution in [0.2, 0.25) is 0 Å². The van der Waals surface area contributed by atoms with Gasteiger partial charge in [0, 0.05) is 11.9 Å². The average Bonchev–Trinajstić information content (AvgIpc) is 2.93. The van der Waals surface area contributed by atoms with E-state index in [1.54, 1.807) is 11.3 Å². The Morgan fingerprint density at radius 2 is 2.24 bits per heavy atom. The van der Waals surface area contributed by atoms with Crippen LogP contribution >= 0.6 is 11.3 Å². The van der Waals surface area contributed by atoms with Crippen LogP contribution < -0.4 is 5.73 Å². The van der Waals surface area contributed by atoms with Gasteiger partial charge in [0.25, 0.3) is 0 Å². The van der Waals surface area contributed by atoms with Gasteiger partial charge in [-0.2, -0.15) is 0 Å². The third kappa shape index (κ3) is 1.83. The Kier molecular flexibility index (Phi) is 2.42. The smallest absolute Gasteiger partial charge is 0.158 e. The lowest BCUT2D eigenvalue weighted by Crippen LogP contribution is -1.94. The topological polar surface area (TPSA) is 67.6 Å². The number of nitrogens with two attached hydrogens (primary N) is 1. The van der Waals surface area contributed by atoms with Crippen LogP contribution in [-0.2, 0) is 6.54 Å². The second-order valence-electron chi connectivity index (χ2n) is 3.94. The normalized spacial score (nSPS) is 11.2. The zero-order chi connectivity index (χ0) is 11.8. The Morgan fingerprint density at radius 1 is 1.35 bits per heavy atom. The summed E-state index contributed by atoms with van der Waals surface area (Å²) in [5, 5.41) is 2.91. The Bertz CT molecular complexity index is 668. The second kappa shape index (κ2) is 3.94. The monoisotopic (exact) mass is 244 g/mol. The van der Waals surface area contributed by atoms with Gasteiger partial charge in [-0.3, -0.25) is 0 Å². The van der Waals surface area contributed by atoms with Crippen LogP contribution in [0.3, 0.4) is 0 Å². The van der Waals surface area contributed by atoms with E-state index in [4.69, 9.17) is 5.73 Å². The van der Waals surface area contributed by atoms with E-state index in [2.05, 4.69) is 34.0 Å². The quantitative estimate of drug-likeness (QED) is 0.727. The van der Waals surface area contributed by atoms with Crippen molar-refractivity contribution in [3.8, 4) is 11.5 Å². The summed E-state index contributed by atoms with van der Waals surface area (Å²) in [5.74, 6) is 0.807. The number of hydrogen-bond acceptors (Lipinski definition) is 4. The Labute approximate surface area is 103 Å². The lowest BCUT2D eigenvalue weighted by atomic mass is 10.2. The lowest BCUT2D eigenvalue weighted by molar-refractivity contribution is 1.04. The number of benzene rings is 1. The molecule has 3 rings (SSSR count). The van der Waals surface area contributed by atoms with Crippen molar-refractivity contribution in [2.75, 3.05) is 0 Å². The van der Waals surface area contributed by atoms with Gasteiger partial charge in [0.2, 0.25) is 0 Å². The molecule has 0 unspecified atom stereocenters. The maximum atomic E-state index is 5.55. The predicted molar refractivity (Wildman–Crippen MR) is 69.8 cm³/mol. The molecule has 0 spiro atoms. The summed E-state index contributed by atoms with van der Waals surface area (Å²) in [7, 11) is 0. The highest BCUT2D eigenvalue weighted by Gasteiger charge is 2.08. The summed E-state index contributed by atoms with van der Waals surface area (Å²) < 4.78 is 0. The SMILES string of the molecule is Cc1ccc2nc(-c3csc(CN)n3)[nH]c2c1. The Hall–Kier alpha value is -1.72. The fraction of sp³-hybridized carbons (Fsp3) is 0.167. The molecule has 0 saturated heterocycles. The predicted octanol–water partition coefficient (Wildman–Crippen LogP) is 2.45.